The zero-order valence-corrected chi connectivity index (χ0v) is 10.5. The van der Waals surface area contributed by atoms with Crippen molar-refractivity contribution in [3.05, 3.63) is 47.9 Å². The summed E-state index contributed by atoms with van der Waals surface area (Å²) in [6.07, 6.45) is 10.4. The summed E-state index contributed by atoms with van der Waals surface area (Å²) in [7, 11) is 0. The van der Waals surface area contributed by atoms with E-state index in [0.717, 1.165) is 24.3 Å². The molecule has 1 N–H and O–H groups in total. The Kier molecular flexibility index (Phi) is 3.11. The Labute approximate surface area is 106 Å². The Bertz CT molecular complexity index is 509. The Balaban J connectivity index is 1.75. The number of nitrogens with one attached hydrogen (secondary N) is 1. The molecule has 94 valence electrons. The molecule has 2 heterocycles. The first-order valence-corrected chi connectivity index (χ1v) is 6.43. The van der Waals surface area contributed by atoms with Gasteiger partial charge in [-0.15, -0.1) is 0 Å². The predicted octanol–water partition coefficient (Wildman–Crippen LogP) is 2.80. The molecule has 2 atom stereocenters. The van der Waals surface area contributed by atoms with Crippen molar-refractivity contribution in [1.82, 2.24) is 15.3 Å². The van der Waals surface area contributed by atoms with Crippen LogP contribution >= 0.6 is 0 Å². The van der Waals surface area contributed by atoms with Crippen molar-refractivity contribution in [2.45, 2.75) is 38.3 Å². The van der Waals surface area contributed by atoms with Crippen LogP contribution in [0.1, 0.15) is 48.9 Å². The molecule has 2 aromatic heterocycles. The Morgan fingerprint density at radius 2 is 2.39 bits per heavy atom. The van der Waals surface area contributed by atoms with Gasteiger partial charge in [-0.25, -0.2) is 0 Å². The lowest BCUT2D eigenvalue weighted by Crippen LogP contribution is -2.27. The standard InChI is InChI=1S/C14H17N3O/c1-10(13-9-15-6-7-16-13)17-12-3-2-4-14-11(12)5-8-18-14/h5-10,12,17H,2-4H2,1H3. The molecule has 3 rings (SSSR count). The summed E-state index contributed by atoms with van der Waals surface area (Å²) in [4.78, 5) is 8.45. The van der Waals surface area contributed by atoms with E-state index in [1.807, 2.05) is 6.20 Å². The third kappa shape index (κ3) is 2.16. The lowest BCUT2D eigenvalue weighted by atomic mass is 9.93. The van der Waals surface area contributed by atoms with Crippen LogP contribution in [0.4, 0.5) is 0 Å². The van der Waals surface area contributed by atoms with Crippen molar-refractivity contribution in [2.24, 2.45) is 0 Å². The van der Waals surface area contributed by atoms with Crippen molar-refractivity contribution in [1.29, 1.82) is 0 Å². The number of aromatic nitrogens is 2. The number of rotatable bonds is 3. The van der Waals surface area contributed by atoms with E-state index in [-0.39, 0.29) is 6.04 Å². The highest BCUT2D eigenvalue weighted by molar-refractivity contribution is 5.24. The van der Waals surface area contributed by atoms with Gasteiger partial charge in [0.25, 0.3) is 0 Å². The van der Waals surface area contributed by atoms with Crippen LogP contribution in [0.15, 0.2) is 35.3 Å². The van der Waals surface area contributed by atoms with Crippen LogP contribution in [0.3, 0.4) is 0 Å². The van der Waals surface area contributed by atoms with Crippen molar-refractivity contribution in [3.63, 3.8) is 0 Å². The van der Waals surface area contributed by atoms with Crippen molar-refractivity contribution in [3.8, 4) is 0 Å². The molecule has 1 aliphatic carbocycles. The maximum absolute atomic E-state index is 5.51. The number of fused-ring (bicyclic) bond motifs is 1. The minimum absolute atomic E-state index is 0.199. The van der Waals surface area contributed by atoms with E-state index in [0.29, 0.717) is 6.04 Å². The van der Waals surface area contributed by atoms with E-state index in [9.17, 15) is 0 Å². The second-order valence-corrected chi connectivity index (χ2v) is 4.76. The Morgan fingerprint density at radius 1 is 1.44 bits per heavy atom. The van der Waals surface area contributed by atoms with Crippen LogP contribution < -0.4 is 5.32 Å². The van der Waals surface area contributed by atoms with Crippen LogP contribution in [0.25, 0.3) is 0 Å². The van der Waals surface area contributed by atoms with Crippen molar-refractivity contribution < 1.29 is 4.42 Å². The Morgan fingerprint density at radius 3 is 3.22 bits per heavy atom. The quantitative estimate of drug-likeness (QED) is 0.900. The van der Waals surface area contributed by atoms with Gasteiger partial charge in [0.05, 0.1) is 12.0 Å². The molecule has 0 fully saturated rings. The first-order chi connectivity index (χ1) is 8.84. The number of hydrogen-bond acceptors (Lipinski definition) is 4. The van der Waals surface area contributed by atoms with Gasteiger partial charge in [0, 0.05) is 42.7 Å². The van der Waals surface area contributed by atoms with E-state index in [1.165, 1.54) is 12.0 Å². The molecule has 0 amide bonds. The highest BCUT2D eigenvalue weighted by atomic mass is 16.3. The molecule has 2 unspecified atom stereocenters. The van der Waals surface area contributed by atoms with Crippen molar-refractivity contribution >= 4 is 0 Å². The lowest BCUT2D eigenvalue weighted by molar-refractivity contribution is 0.382. The summed E-state index contributed by atoms with van der Waals surface area (Å²) in [5.41, 5.74) is 2.28. The monoisotopic (exact) mass is 243 g/mol. The zero-order chi connectivity index (χ0) is 12.4. The normalized spacial score (nSPS) is 20.4. The third-order valence-corrected chi connectivity index (χ3v) is 3.53. The molecular weight excluding hydrogens is 226 g/mol. The molecule has 0 aliphatic heterocycles. The summed E-state index contributed by atoms with van der Waals surface area (Å²) in [5, 5.41) is 3.61. The third-order valence-electron chi connectivity index (χ3n) is 3.53. The molecule has 4 heteroatoms. The fourth-order valence-corrected chi connectivity index (χ4v) is 2.58. The summed E-state index contributed by atoms with van der Waals surface area (Å²) < 4.78 is 5.51. The minimum atomic E-state index is 0.199. The average Bonchev–Trinajstić information content (AvgIpc) is 2.89. The molecule has 0 saturated heterocycles. The van der Waals surface area contributed by atoms with Gasteiger partial charge >= 0.3 is 0 Å². The van der Waals surface area contributed by atoms with Crippen LogP contribution in [0.2, 0.25) is 0 Å². The zero-order valence-electron chi connectivity index (χ0n) is 10.5. The molecule has 0 spiro atoms. The molecule has 18 heavy (non-hydrogen) atoms. The number of aryl methyl sites for hydroxylation is 1. The first-order valence-electron chi connectivity index (χ1n) is 6.43. The molecule has 0 saturated carbocycles. The number of hydrogen-bond donors (Lipinski definition) is 1. The van der Waals surface area contributed by atoms with E-state index in [1.54, 1.807) is 18.7 Å². The van der Waals surface area contributed by atoms with Gasteiger partial charge in [-0.05, 0) is 25.8 Å². The van der Waals surface area contributed by atoms with E-state index in [2.05, 4.69) is 28.3 Å². The maximum Gasteiger partial charge on any atom is 0.108 e. The highest BCUT2D eigenvalue weighted by Gasteiger charge is 2.24. The van der Waals surface area contributed by atoms with Crippen molar-refractivity contribution in [2.75, 3.05) is 0 Å². The van der Waals surface area contributed by atoms with Gasteiger partial charge in [0.15, 0.2) is 0 Å². The first kappa shape index (κ1) is 11.4. The summed E-state index contributed by atoms with van der Waals surface area (Å²) in [5.74, 6) is 1.13. The van der Waals surface area contributed by atoms with Crippen LogP contribution in [-0.2, 0) is 6.42 Å². The minimum Gasteiger partial charge on any atom is -0.469 e. The molecule has 0 radical (unpaired) electrons. The fourth-order valence-electron chi connectivity index (χ4n) is 2.58. The molecule has 1 aliphatic rings. The largest absolute Gasteiger partial charge is 0.469 e. The SMILES string of the molecule is CC(NC1CCCc2occc21)c1cnccn1. The number of nitrogens with zero attached hydrogens (tertiary/aromatic N) is 2. The van der Waals surface area contributed by atoms with Crippen LogP contribution in [0, 0.1) is 0 Å². The summed E-state index contributed by atoms with van der Waals surface area (Å²) in [6.45, 7) is 2.12. The van der Waals surface area contributed by atoms with E-state index in [4.69, 9.17) is 4.42 Å². The highest BCUT2D eigenvalue weighted by Crippen LogP contribution is 2.32. The Hall–Kier alpha value is -1.68. The topological polar surface area (TPSA) is 51.0 Å². The van der Waals surface area contributed by atoms with Gasteiger partial charge in [0.1, 0.15) is 5.76 Å². The number of furan rings is 1. The van der Waals surface area contributed by atoms with E-state index >= 15 is 0 Å². The lowest BCUT2D eigenvalue weighted by Gasteiger charge is -2.26. The van der Waals surface area contributed by atoms with E-state index < -0.39 is 0 Å². The molecular formula is C14H17N3O. The second kappa shape index (κ2) is 4.90. The molecule has 4 nitrogen and oxygen atoms in total. The van der Waals surface area contributed by atoms with Gasteiger partial charge in [-0.2, -0.15) is 0 Å². The van der Waals surface area contributed by atoms with Gasteiger partial charge < -0.3 is 9.73 Å². The summed E-state index contributed by atoms with van der Waals surface area (Å²) in [6, 6.07) is 2.64. The van der Waals surface area contributed by atoms with Crippen LogP contribution in [-0.4, -0.2) is 9.97 Å². The predicted molar refractivity (Wildman–Crippen MR) is 68.0 cm³/mol. The maximum atomic E-state index is 5.51. The summed E-state index contributed by atoms with van der Waals surface area (Å²) >= 11 is 0. The average molecular weight is 243 g/mol. The molecule has 0 bridgehead atoms. The smallest absolute Gasteiger partial charge is 0.108 e. The molecule has 0 aromatic carbocycles. The van der Waals surface area contributed by atoms with Crippen LogP contribution in [0.5, 0.6) is 0 Å². The van der Waals surface area contributed by atoms with Gasteiger partial charge in [-0.1, -0.05) is 0 Å². The van der Waals surface area contributed by atoms with Gasteiger partial charge in [0.2, 0.25) is 0 Å². The second-order valence-electron chi connectivity index (χ2n) is 4.76. The van der Waals surface area contributed by atoms with Gasteiger partial charge in [-0.3, -0.25) is 9.97 Å². The fraction of sp³-hybridized carbons (Fsp3) is 0.429. The molecule has 2 aromatic rings.